The fourth-order valence-electron chi connectivity index (χ4n) is 3.65. The third-order valence-electron chi connectivity index (χ3n) is 5.62. The Balaban J connectivity index is 2.09. The maximum absolute atomic E-state index is 13.4. The highest BCUT2D eigenvalue weighted by Crippen LogP contribution is 2.21. The smallest absolute Gasteiger partial charge is 0.332 e. The second kappa shape index (κ2) is 7.59. The van der Waals surface area contributed by atoms with E-state index in [1.807, 2.05) is 20.8 Å². The van der Waals surface area contributed by atoms with Crippen LogP contribution in [0.5, 0.6) is 0 Å². The molecule has 1 amide bonds. The van der Waals surface area contributed by atoms with Crippen LogP contribution in [0.4, 0.5) is 4.39 Å². The van der Waals surface area contributed by atoms with Crippen LogP contribution in [0.15, 0.2) is 33.9 Å². The summed E-state index contributed by atoms with van der Waals surface area (Å²) in [5.41, 5.74) is 7.39. The van der Waals surface area contributed by atoms with Crippen LogP contribution in [0, 0.1) is 26.6 Å². The fraction of sp³-hybridized carbons (Fsp3) is 0.286. The standard InChI is InChI=1S/C21H22FN7O3/c1-11-12(2)25-29(13(11)3)20-24-18-17(27(20)9-14-5-7-15(22)8-6-14)19(31)28(10-16(23)30)21(32)26(18)4/h5-8H,9-10H2,1-4H3,(H2,23,30). The van der Waals surface area contributed by atoms with E-state index >= 15 is 0 Å². The van der Waals surface area contributed by atoms with E-state index in [9.17, 15) is 18.8 Å². The predicted octanol–water partition coefficient (Wildman–Crippen LogP) is 0.680. The molecule has 0 radical (unpaired) electrons. The van der Waals surface area contributed by atoms with Crippen molar-refractivity contribution in [2.45, 2.75) is 33.9 Å². The number of nitrogens with two attached hydrogens (primary N) is 1. The molecule has 0 bridgehead atoms. The van der Waals surface area contributed by atoms with E-state index in [4.69, 9.17) is 5.73 Å². The summed E-state index contributed by atoms with van der Waals surface area (Å²) in [6.45, 7) is 5.27. The molecular weight excluding hydrogens is 417 g/mol. The van der Waals surface area contributed by atoms with Gasteiger partial charge in [-0.3, -0.25) is 18.7 Å². The van der Waals surface area contributed by atoms with Crippen molar-refractivity contribution >= 4 is 17.1 Å². The summed E-state index contributed by atoms with van der Waals surface area (Å²) in [5.74, 6) is -0.880. The molecule has 0 aliphatic carbocycles. The summed E-state index contributed by atoms with van der Waals surface area (Å²) in [4.78, 5) is 42.1. The number of aryl methyl sites for hydroxylation is 2. The molecule has 3 aromatic heterocycles. The highest BCUT2D eigenvalue weighted by atomic mass is 19.1. The van der Waals surface area contributed by atoms with Gasteiger partial charge in [-0.05, 0) is 44.0 Å². The fourth-order valence-corrected chi connectivity index (χ4v) is 3.65. The molecule has 166 valence electrons. The number of imidazole rings is 1. The van der Waals surface area contributed by atoms with Crippen LogP contribution < -0.4 is 17.0 Å². The molecule has 10 nitrogen and oxygen atoms in total. The molecule has 4 aromatic rings. The molecule has 11 heteroatoms. The monoisotopic (exact) mass is 439 g/mol. The van der Waals surface area contributed by atoms with Crippen molar-refractivity contribution in [1.29, 1.82) is 0 Å². The highest BCUT2D eigenvalue weighted by Gasteiger charge is 2.24. The van der Waals surface area contributed by atoms with Crippen molar-refractivity contribution in [3.63, 3.8) is 0 Å². The first-order valence-corrected chi connectivity index (χ1v) is 9.86. The van der Waals surface area contributed by atoms with Crippen LogP contribution in [-0.2, 0) is 24.9 Å². The van der Waals surface area contributed by atoms with Gasteiger partial charge in [0, 0.05) is 12.7 Å². The molecule has 32 heavy (non-hydrogen) atoms. The SMILES string of the molecule is Cc1nn(-c2nc3c(c(=O)n(CC(N)=O)c(=O)n3C)n2Cc2ccc(F)cc2)c(C)c1C. The number of hydrogen-bond donors (Lipinski definition) is 1. The lowest BCUT2D eigenvalue weighted by Gasteiger charge is -2.11. The molecule has 0 saturated heterocycles. The van der Waals surface area contributed by atoms with Crippen LogP contribution in [0.3, 0.4) is 0 Å². The summed E-state index contributed by atoms with van der Waals surface area (Å²) >= 11 is 0. The molecule has 0 aliphatic heterocycles. The van der Waals surface area contributed by atoms with Crippen LogP contribution in [0.2, 0.25) is 0 Å². The van der Waals surface area contributed by atoms with E-state index in [-0.39, 0.29) is 23.5 Å². The van der Waals surface area contributed by atoms with Crippen molar-refractivity contribution < 1.29 is 9.18 Å². The van der Waals surface area contributed by atoms with Gasteiger partial charge < -0.3 is 5.73 Å². The third-order valence-corrected chi connectivity index (χ3v) is 5.62. The number of hydrogen-bond acceptors (Lipinski definition) is 5. The highest BCUT2D eigenvalue weighted by molar-refractivity contribution is 5.75. The predicted molar refractivity (Wildman–Crippen MR) is 115 cm³/mol. The summed E-state index contributed by atoms with van der Waals surface area (Å²) in [6, 6.07) is 5.84. The molecule has 2 N–H and O–H groups in total. The molecule has 0 unspecified atom stereocenters. The van der Waals surface area contributed by atoms with Gasteiger partial charge in [-0.1, -0.05) is 12.1 Å². The Morgan fingerprint density at radius 3 is 2.31 bits per heavy atom. The second-order valence-corrected chi connectivity index (χ2v) is 7.70. The number of rotatable bonds is 5. The number of amides is 1. The van der Waals surface area contributed by atoms with Crippen LogP contribution in [0.1, 0.15) is 22.5 Å². The maximum Gasteiger partial charge on any atom is 0.332 e. The number of carbonyl (C=O) groups is 1. The Morgan fingerprint density at radius 2 is 1.75 bits per heavy atom. The molecule has 1 aromatic carbocycles. The van der Waals surface area contributed by atoms with Gasteiger partial charge in [-0.25, -0.2) is 18.4 Å². The number of fused-ring (bicyclic) bond motifs is 1. The minimum absolute atomic E-state index is 0.109. The molecule has 0 spiro atoms. The first-order valence-electron chi connectivity index (χ1n) is 9.86. The quantitative estimate of drug-likeness (QED) is 0.490. The Kier molecular flexibility index (Phi) is 5.03. The zero-order valence-electron chi connectivity index (χ0n) is 18.1. The van der Waals surface area contributed by atoms with Crippen LogP contribution in [-0.4, -0.2) is 34.4 Å². The lowest BCUT2D eigenvalue weighted by Crippen LogP contribution is -2.42. The second-order valence-electron chi connectivity index (χ2n) is 7.70. The van der Waals surface area contributed by atoms with Gasteiger partial charge in [0.05, 0.1) is 12.2 Å². The maximum atomic E-state index is 13.4. The number of halogens is 1. The average Bonchev–Trinajstić information content (AvgIpc) is 3.24. The average molecular weight is 439 g/mol. The lowest BCUT2D eigenvalue weighted by atomic mass is 10.2. The third kappa shape index (κ3) is 3.31. The molecule has 0 atom stereocenters. The van der Waals surface area contributed by atoms with E-state index in [0.29, 0.717) is 11.5 Å². The van der Waals surface area contributed by atoms with Gasteiger partial charge >= 0.3 is 5.69 Å². The normalized spacial score (nSPS) is 11.4. The molecule has 0 fully saturated rings. The first-order chi connectivity index (χ1) is 15.1. The van der Waals surface area contributed by atoms with Crippen molar-refractivity contribution in [2.24, 2.45) is 12.8 Å². The summed E-state index contributed by atoms with van der Waals surface area (Å²) < 4.78 is 18.6. The number of nitrogens with zero attached hydrogens (tertiary/aromatic N) is 6. The summed E-state index contributed by atoms with van der Waals surface area (Å²) in [6.07, 6.45) is 0. The van der Waals surface area contributed by atoms with E-state index in [1.165, 1.54) is 23.7 Å². The Bertz CT molecular complexity index is 1490. The molecule has 0 aliphatic rings. The minimum atomic E-state index is -0.817. The topological polar surface area (TPSA) is 123 Å². The zero-order valence-corrected chi connectivity index (χ0v) is 18.1. The Hall–Kier alpha value is -4.02. The summed E-state index contributed by atoms with van der Waals surface area (Å²) in [5, 5.41) is 4.55. The van der Waals surface area contributed by atoms with Crippen molar-refractivity contribution in [3.8, 4) is 5.95 Å². The minimum Gasteiger partial charge on any atom is -0.368 e. The molecule has 0 saturated carbocycles. The van der Waals surface area contributed by atoms with Crippen LogP contribution >= 0.6 is 0 Å². The molecule has 3 heterocycles. The largest absolute Gasteiger partial charge is 0.368 e. The van der Waals surface area contributed by atoms with E-state index in [0.717, 1.165) is 21.5 Å². The number of aromatic nitrogens is 6. The Morgan fingerprint density at radius 1 is 1.09 bits per heavy atom. The van der Waals surface area contributed by atoms with Gasteiger partial charge in [-0.15, -0.1) is 0 Å². The zero-order chi connectivity index (χ0) is 23.3. The van der Waals surface area contributed by atoms with Crippen molar-refractivity contribution in [1.82, 2.24) is 28.5 Å². The van der Waals surface area contributed by atoms with E-state index < -0.39 is 23.7 Å². The first kappa shape index (κ1) is 21.2. The number of benzene rings is 1. The van der Waals surface area contributed by atoms with Gasteiger partial charge in [0.1, 0.15) is 12.4 Å². The summed E-state index contributed by atoms with van der Waals surface area (Å²) in [7, 11) is 1.47. The number of primary amides is 1. The van der Waals surface area contributed by atoms with E-state index in [2.05, 4.69) is 10.1 Å². The van der Waals surface area contributed by atoms with Gasteiger partial charge in [0.25, 0.3) is 5.56 Å². The lowest BCUT2D eigenvalue weighted by molar-refractivity contribution is -0.118. The Labute approximate surface area is 181 Å². The van der Waals surface area contributed by atoms with Crippen molar-refractivity contribution in [2.75, 3.05) is 0 Å². The van der Waals surface area contributed by atoms with Crippen molar-refractivity contribution in [3.05, 3.63) is 73.4 Å². The van der Waals surface area contributed by atoms with Gasteiger partial charge in [0.15, 0.2) is 11.2 Å². The number of carbonyl (C=O) groups excluding carboxylic acids is 1. The molecule has 4 rings (SSSR count). The van der Waals surface area contributed by atoms with Gasteiger partial charge in [0.2, 0.25) is 11.9 Å². The molecular formula is C21H22FN7O3. The van der Waals surface area contributed by atoms with Crippen LogP contribution in [0.25, 0.3) is 17.1 Å². The van der Waals surface area contributed by atoms with Gasteiger partial charge in [-0.2, -0.15) is 10.1 Å². The van der Waals surface area contributed by atoms with E-state index in [1.54, 1.807) is 21.4 Å².